The van der Waals surface area contributed by atoms with E-state index in [4.69, 9.17) is 10.5 Å². The molecule has 8 heteroatoms. The number of carbonyl (C=O) groups excluding carboxylic acids is 1. The molecule has 2 N–H and O–H groups in total. The second kappa shape index (κ2) is 7.51. The fraction of sp³-hybridized carbons (Fsp3) is 0.500. The molecule has 1 saturated heterocycles. The SMILES string of the molecule is CC(c1nc(CC(N)=O)nn1-c1ccc(F)cc1)N1C[C@@H](C)O[C@@H](C)C1. The third-order valence-electron chi connectivity index (χ3n) is 4.45. The number of primary amides is 1. The molecular weight excluding hydrogens is 337 g/mol. The fourth-order valence-electron chi connectivity index (χ4n) is 3.34. The highest BCUT2D eigenvalue weighted by Crippen LogP contribution is 2.25. The number of nitrogens with two attached hydrogens (primary N) is 1. The van der Waals surface area contributed by atoms with Crippen LogP contribution in [0.5, 0.6) is 0 Å². The van der Waals surface area contributed by atoms with Crippen LogP contribution in [0.15, 0.2) is 24.3 Å². The van der Waals surface area contributed by atoms with Gasteiger partial charge < -0.3 is 10.5 Å². The Bertz CT molecular complexity index is 766. The lowest BCUT2D eigenvalue weighted by Crippen LogP contribution is -2.46. The van der Waals surface area contributed by atoms with Crippen LogP contribution in [0.1, 0.15) is 38.5 Å². The summed E-state index contributed by atoms with van der Waals surface area (Å²) in [5.41, 5.74) is 5.98. The number of nitrogens with zero attached hydrogens (tertiary/aromatic N) is 4. The highest BCUT2D eigenvalue weighted by molar-refractivity contribution is 5.75. The quantitative estimate of drug-likeness (QED) is 0.874. The molecule has 3 atom stereocenters. The molecule has 0 saturated carbocycles. The smallest absolute Gasteiger partial charge is 0.225 e. The number of amides is 1. The maximum atomic E-state index is 13.3. The first-order chi connectivity index (χ1) is 12.3. The molecule has 2 heterocycles. The van der Waals surface area contributed by atoms with Crippen LogP contribution in [0.25, 0.3) is 5.69 Å². The van der Waals surface area contributed by atoms with Crippen molar-refractivity contribution in [3.05, 3.63) is 41.7 Å². The van der Waals surface area contributed by atoms with Crippen molar-refractivity contribution in [2.75, 3.05) is 13.1 Å². The lowest BCUT2D eigenvalue weighted by molar-refractivity contribution is -0.117. The minimum Gasteiger partial charge on any atom is -0.373 e. The minimum atomic E-state index is -0.492. The summed E-state index contributed by atoms with van der Waals surface area (Å²) in [5.74, 6) is 0.234. The Hall–Kier alpha value is -2.32. The second-order valence-corrected chi connectivity index (χ2v) is 6.80. The molecular formula is C18H24FN5O2. The van der Waals surface area contributed by atoms with Gasteiger partial charge in [0.05, 0.1) is 30.4 Å². The molecule has 1 fully saturated rings. The number of hydrogen-bond donors (Lipinski definition) is 1. The predicted molar refractivity (Wildman–Crippen MR) is 94.2 cm³/mol. The lowest BCUT2D eigenvalue weighted by atomic mass is 10.1. The molecule has 1 aliphatic rings. The summed E-state index contributed by atoms with van der Waals surface area (Å²) >= 11 is 0. The largest absolute Gasteiger partial charge is 0.373 e. The summed E-state index contributed by atoms with van der Waals surface area (Å²) in [6.45, 7) is 7.67. The van der Waals surface area contributed by atoms with Gasteiger partial charge in [-0.25, -0.2) is 14.1 Å². The zero-order chi connectivity index (χ0) is 18.8. The standard InChI is InChI=1S/C18H24FN5O2/c1-11-9-23(10-12(2)26-11)13(3)18-21-17(8-16(20)25)22-24(18)15-6-4-14(19)5-7-15/h4-7,11-13H,8-10H2,1-3H3,(H2,20,25)/t11-,12+,13?. The van der Waals surface area contributed by atoms with E-state index in [9.17, 15) is 9.18 Å². The Labute approximate surface area is 151 Å². The van der Waals surface area contributed by atoms with Crippen molar-refractivity contribution in [3.63, 3.8) is 0 Å². The number of hydrogen-bond acceptors (Lipinski definition) is 5. The lowest BCUT2D eigenvalue weighted by Gasteiger charge is -2.38. The highest BCUT2D eigenvalue weighted by Gasteiger charge is 2.30. The Balaban J connectivity index is 1.96. The van der Waals surface area contributed by atoms with Gasteiger partial charge in [-0.2, -0.15) is 5.10 Å². The first kappa shape index (κ1) is 18.5. The summed E-state index contributed by atoms with van der Waals surface area (Å²) < 4.78 is 20.7. The van der Waals surface area contributed by atoms with Gasteiger partial charge in [-0.3, -0.25) is 9.69 Å². The molecule has 1 unspecified atom stereocenters. The maximum Gasteiger partial charge on any atom is 0.225 e. The zero-order valence-electron chi connectivity index (χ0n) is 15.2. The second-order valence-electron chi connectivity index (χ2n) is 6.80. The van der Waals surface area contributed by atoms with Gasteiger partial charge >= 0.3 is 0 Å². The van der Waals surface area contributed by atoms with E-state index < -0.39 is 5.91 Å². The minimum absolute atomic E-state index is 0.0379. The summed E-state index contributed by atoms with van der Waals surface area (Å²) in [5, 5.41) is 4.43. The van der Waals surface area contributed by atoms with E-state index in [1.54, 1.807) is 16.8 Å². The van der Waals surface area contributed by atoms with Crippen LogP contribution in [0.4, 0.5) is 4.39 Å². The van der Waals surface area contributed by atoms with Gasteiger partial charge in [0.25, 0.3) is 0 Å². The molecule has 1 aliphatic heterocycles. The first-order valence-corrected chi connectivity index (χ1v) is 8.73. The van der Waals surface area contributed by atoms with Gasteiger partial charge in [0.15, 0.2) is 5.82 Å². The van der Waals surface area contributed by atoms with Crippen LogP contribution in [-0.4, -0.2) is 50.9 Å². The Morgan fingerprint density at radius 2 is 1.92 bits per heavy atom. The average molecular weight is 361 g/mol. The van der Waals surface area contributed by atoms with Gasteiger partial charge in [-0.05, 0) is 45.0 Å². The molecule has 1 amide bonds. The van der Waals surface area contributed by atoms with E-state index in [1.165, 1.54) is 12.1 Å². The molecule has 0 bridgehead atoms. The zero-order valence-corrected chi connectivity index (χ0v) is 15.2. The molecule has 2 aromatic rings. The van der Waals surface area contributed by atoms with Crippen molar-refractivity contribution in [1.29, 1.82) is 0 Å². The van der Waals surface area contributed by atoms with Crippen LogP contribution >= 0.6 is 0 Å². The summed E-state index contributed by atoms with van der Waals surface area (Å²) in [6.07, 6.45) is 0.200. The first-order valence-electron chi connectivity index (χ1n) is 8.73. The summed E-state index contributed by atoms with van der Waals surface area (Å²) in [6, 6.07) is 5.97. The van der Waals surface area contributed by atoms with Gasteiger partial charge in [0, 0.05) is 13.1 Å². The van der Waals surface area contributed by atoms with Crippen LogP contribution in [0.2, 0.25) is 0 Å². The number of aromatic nitrogens is 3. The summed E-state index contributed by atoms with van der Waals surface area (Å²) in [4.78, 5) is 18.1. The van der Waals surface area contributed by atoms with Crippen LogP contribution in [0, 0.1) is 5.82 Å². The number of rotatable bonds is 5. The molecule has 0 radical (unpaired) electrons. The van der Waals surface area contributed by atoms with Crippen molar-refractivity contribution in [2.24, 2.45) is 5.73 Å². The number of ether oxygens (including phenoxy) is 1. The third-order valence-corrected chi connectivity index (χ3v) is 4.45. The van der Waals surface area contributed by atoms with Crippen molar-refractivity contribution < 1.29 is 13.9 Å². The molecule has 1 aromatic carbocycles. The number of carbonyl (C=O) groups is 1. The molecule has 7 nitrogen and oxygen atoms in total. The van der Waals surface area contributed by atoms with E-state index >= 15 is 0 Å². The predicted octanol–water partition coefficient (Wildman–Crippen LogP) is 1.60. The maximum absolute atomic E-state index is 13.3. The normalized spacial score (nSPS) is 22.3. The van der Waals surface area contributed by atoms with E-state index in [1.807, 2.05) is 20.8 Å². The highest BCUT2D eigenvalue weighted by atomic mass is 19.1. The monoisotopic (exact) mass is 361 g/mol. The van der Waals surface area contributed by atoms with Gasteiger partial charge in [0.2, 0.25) is 5.91 Å². The van der Waals surface area contributed by atoms with Crippen LogP contribution < -0.4 is 5.73 Å². The molecule has 26 heavy (non-hydrogen) atoms. The van der Waals surface area contributed by atoms with E-state index in [-0.39, 0.29) is 30.5 Å². The molecule has 140 valence electrons. The van der Waals surface area contributed by atoms with Crippen LogP contribution in [0.3, 0.4) is 0 Å². The van der Waals surface area contributed by atoms with Crippen molar-refractivity contribution >= 4 is 5.91 Å². The van der Waals surface area contributed by atoms with Gasteiger partial charge in [-0.1, -0.05) is 0 Å². The summed E-state index contributed by atoms with van der Waals surface area (Å²) in [7, 11) is 0. The number of benzene rings is 1. The number of halogens is 1. The van der Waals surface area contributed by atoms with Crippen LogP contribution in [-0.2, 0) is 16.0 Å². The Kier molecular flexibility index (Phi) is 5.33. The van der Waals surface area contributed by atoms with Crippen molar-refractivity contribution in [1.82, 2.24) is 19.7 Å². The molecule has 1 aromatic heterocycles. The molecule has 0 aliphatic carbocycles. The average Bonchev–Trinajstić information content (AvgIpc) is 2.97. The van der Waals surface area contributed by atoms with Crippen molar-refractivity contribution in [2.45, 2.75) is 45.4 Å². The Morgan fingerprint density at radius 3 is 2.50 bits per heavy atom. The van der Waals surface area contributed by atoms with E-state index in [0.29, 0.717) is 17.3 Å². The molecule has 3 rings (SSSR count). The van der Waals surface area contributed by atoms with E-state index in [0.717, 1.165) is 13.1 Å². The van der Waals surface area contributed by atoms with Crippen molar-refractivity contribution in [3.8, 4) is 5.69 Å². The van der Waals surface area contributed by atoms with E-state index in [2.05, 4.69) is 15.0 Å². The number of morpholine rings is 1. The fourth-order valence-corrected chi connectivity index (χ4v) is 3.34. The molecule has 0 spiro atoms. The Morgan fingerprint density at radius 1 is 1.31 bits per heavy atom. The third kappa shape index (κ3) is 4.08. The topological polar surface area (TPSA) is 86.3 Å². The van der Waals surface area contributed by atoms with Gasteiger partial charge in [-0.15, -0.1) is 0 Å². The van der Waals surface area contributed by atoms with Gasteiger partial charge in [0.1, 0.15) is 11.6 Å².